The van der Waals surface area contributed by atoms with Crippen LogP contribution in [-0.2, 0) is 4.79 Å². The molecule has 1 rings (SSSR count). The van der Waals surface area contributed by atoms with Gasteiger partial charge in [0.05, 0.1) is 0 Å². The highest BCUT2D eigenvalue weighted by atomic mass is 16.6. The monoisotopic (exact) mass is 240 g/mol. The molecule has 0 radical (unpaired) electrons. The predicted molar refractivity (Wildman–Crippen MR) is 56.7 cm³/mol. The van der Waals surface area contributed by atoms with Gasteiger partial charge in [-0.3, -0.25) is 4.79 Å². The van der Waals surface area contributed by atoms with Gasteiger partial charge in [0.15, 0.2) is 0 Å². The van der Waals surface area contributed by atoms with Crippen LogP contribution in [0, 0.1) is 0 Å². The van der Waals surface area contributed by atoms with Crippen LogP contribution in [0.3, 0.4) is 0 Å². The number of aliphatic hydroxyl groups excluding tert-OH is 1. The maximum Gasteiger partial charge on any atom is 0.339 e. The molecule has 0 saturated carbocycles. The van der Waals surface area contributed by atoms with Crippen LogP contribution in [0.5, 0.6) is 5.75 Å². The second-order valence-electron chi connectivity index (χ2n) is 3.58. The van der Waals surface area contributed by atoms with E-state index >= 15 is 0 Å². The van der Waals surface area contributed by atoms with Gasteiger partial charge in [-0.15, -0.1) is 0 Å². The number of rotatable bonds is 5. The Bertz CT molecular complexity index is 408. The van der Waals surface area contributed by atoms with Gasteiger partial charge in [-0.2, -0.15) is 0 Å². The molecule has 2 unspecified atom stereocenters. The van der Waals surface area contributed by atoms with E-state index < -0.39 is 17.9 Å². The topological polar surface area (TPSA) is 104 Å². The van der Waals surface area contributed by atoms with E-state index in [9.17, 15) is 19.8 Å². The number of carbonyl (C=O) groups excluding carboxylic acids is 1. The zero-order chi connectivity index (χ0) is 13.1. The molecule has 17 heavy (non-hydrogen) atoms. The zero-order valence-electron chi connectivity index (χ0n) is 9.03. The standard InChI is InChI=1S/C11H12O6/c1-11(16,9(13)10(14)15)17-8-4-2-7(6-12)3-5-8/h2-6,9,13,16H,1H3,(H,14,15). The van der Waals surface area contributed by atoms with E-state index in [0.717, 1.165) is 6.92 Å². The maximum absolute atomic E-state index is 10.5. The van der Waals surface area contributed by atoms with Crippen molar-refractivity contribution < 1.29 is 29.6 Å². The summed E-state index contributed by atoms with van der Waals surface area (Å²) in [4.78, 5) is 20.9. The van der Waals surface area contributed by atoms with Crippen LogP contribution in [-0.4, -0.2) is 39.5 Å². The van der Waals surface area contributed by atoms with Crippen LogP contribution in [0.4, 0.5) is 0 Å². The second-order valence-corrected chi connectivity index (χ2v) is 3.58. The summed E-state index contributed by atoms with van der Waals surface area (Å²) >= 11 is 0. The minimum Gasteiger partial charge on any atom is -0.479 e. The van der Waals surface area contributed by atoms with Crippen molar-refractivity contribution in [3.05, 3.63) is 29.8 Å². The number of aliphatic carboxylic acids is 1. The molecule has 0 fully saturated rings. The van der Waals surface area contributed by atoms with E-state index in [2.05, 4.69) is 0 Å². The summed E-state index contributed by atoms with van der Waals surface area (Å²) in [5.41, 5.74) is 0.413. The molecular weight excluding hydrogens is 228 g/mol. The van der Waals surface area contributed by atoms with Crippen molar-refractivity contribution in [3.63, 3.8) is 0 Å². The summed E-state index contributed by atoms with van der Waals surface area (Å²) < 4.78 is 4.93. The molecule has 1 aromatic rings. The Morgan fingerprint density at radius 2 is 1.94 bits per heavy atom. The Hall–Kier alpha value is -1.92. The molecule has 0 aliphatic rings. The van der Waals surface area contributed by atoms with E-state index in [0.29, 0.717) is 11.8 Å². The zero-order valence-corrected chi connectivity index (χ0v) is 9.03. The highest BCUT2D eigenvalue weighted by Crippen LogP contribution is 2.19. The molecule has 0 heterocycles. The van der Waals surface area contributed by atoms with Gasteiger partial charge in [0.2, 0.25) is 11.9 Å². The third-order valence-corrected chi connectivity index (χ3v) is 2.08. The van der Waals surface area contributed by atoms with Crippen LogP contribution in [0.1, 0.15) is 17.3 Å². The van der Waals surface area contributed by atoms with E-state index in [4.69, 9.17) is 9.84 Å². The van der Waals surface area contributed by atoms with Gasteiger partial charge >= 0.3 is 5.97 Å². The number of hydrogen-bond donors (Lipinski definition) is 3. The summed E-state index contributed by atoms with van der Waals surface area (Å²) in [5.74, 6) is -3.71. The van der Waals surface area contributed by atoms with Gasteiger partial charge < -0.3 is 20.1 Å². The molecule has 0 spiro atoms. The van der Waals surface area contributed by atoms with Crippen LogP contribution in [0.25, 0.3) is 0 Å². The largest absolute Gasteiger partial charge is 0.479 e. The average Bonchev–Trinajstić information content (AvgIpc) is 2.28. The first-order valence-electron chi connectivity index (χ1n) is 4.74. The first-order valence-corrected chi connectivity index (χ1v) is 4.74. The Morgan fingerprint density at radius 3 is 2.35 bits per heavy atom. The predicted octanol–water partition coefficient (Wildman–Crippen LogP) is 0.0319. The minimum atomic E-state index is -2.26. The number of hydrogen-bond acceptors (Lipinski definition) is 5. The average molecular weight is 240 g/mol. The van der Waals surface area contributed by atoms with Crippen molar-refractivity contribution in [2.24, 2.45) is 0 Å². The molecule has 0 bridgehead atoms. The molecule has 92 valence electrons. The summed E-state index contributed by atoms with van der Waals surface area (Å²) in [6.45, 7) is 1.03. The fourth-order valence-electron chi connectivity index (χ4n) is 1.14. The SMILES string of the molecule is CC(O)(Oc1ccc(C=O)cc1)C(O)C(=O)O. The van der Waals surface area contributed by atoms with Crippen LogP contribution >= 0.6 is 0 Å². The highest BCUT2D eigenvalue weighted by molar-refractivity contribution is 5.75. The lowest BCUT2D eigenvalue weighted by Gasteiger charge is -2.27. The van der Waals surface area contributed by atoms with Crippen molar-refractivity contribution >= 4 is 12.3 Å². The molecule has 0 saturated heterocycles. The maximum atomic E-state index is 10.5. The first kappa shape index (κ1) is 13.1. The van der Waals surface area contributed by atoms with Crippen LogP contribution in [0.2, 0.25) is 0 Å². The number of aliphatic hydroxyl groups is 2. The first-order chi connectivity index (χ1) is 7.86. The molecule has 6 nitrogen and oxygen atoms in total. The molecule has 3 N–H and O–H groups in total. The molecule has 0 aliphatic carbocycles. The van der Waals surface area contributed by atoms with Gasteiger partial charge in [-0.05, 0) is 24.3 Å². The van der Waals surface area contributed by atoms with E-state index in [1.807, 2.05) is 0 Å². The minimum absolute atomic E-state index is 0.140. The molecular formula is C11H12O6. The van der Waals surface area contributed by atoms with Crippen molar-refractivity contribution in [1.82, 2.24) is 0 Å². The van der Waals surface area contributed by atoms with Gasteiger partial charge in [-0.25, -0.2) is 4.79 Å². The summed E-state index contributed by atoms with van der Waals surface area (Å²) in [6.07, 6.45) is -1.44. The third kappa shape index (κ3) is 3.27. The smallest absolute Gasteiger partial charge is 0.339 e. The normalized spacial score (nSPS) is 15.7. The van der Waals surface area contributed by atoms with Crippen molar-refractivity contribution in [1.29, 1.82) is 0 Å². The fourth-order valence-corrected chi connectivity index (χ4v) is 1.14. The Balaban J connectivity index is 2.82. The van der Waals surface area contributed by atoms with Gasteiger partial charge in [-0.1, -0.05) is 0 Å². The number of carboxylic acids is 1. The van der Waals surface area contributed by atoms with Crippen molar-refractivity contribution in [2.75, 3.05) is 0 Å². The van der Waals surface area contributed by atoms with Crippen LogP contribution < -0.4 is 4.74 Å². The summed E-state index contributed by atoms with van der Waals surface area (Å²) in [6, 6.07) is 5.64. The molecule has 1 aromatic carbocycles. The fraction of sp³-hybridized carbons (Fsp3) is 0.273. The second kappa shape index (κ2) is 4.94. The van der Waals surface area contributed by atoms with Crippen molar-refractivity contribution in [2.45, 2.75) is 18.8 Å². The number of benzene rings is 1. The molecule has 0 amide bonds. The Labute approximate surface area is 97.1 Å². The number of aldehydes is 1. The van der Waals surface area contributed by atoms with Gasteiger partial charge in [0.25, 0.3) is 0 Å². The van der Waals surface area contributed by atoms with Gasteiger partial charge in [0.1, 0.15) is 12.0 Å². The molecule has 2 atom stereocenters. The molecule has 0 aromatic heterocycles. The lowest BCUT2D eigenvalue weighted by Crippen LogP contribution is -2.49. The Kier molecular flexibility index (Phi) is 3.82. The van der Waals surface area contributed by atoms with E-state index in [1.165, 1.54) is 24.3 Å². The van der Waals surface area contributed by atoms with Crippen molar-refractivity contribution in [3.8, 4) is 5.75 Å². The van der Waals surface area contributed by atoms with Gasteiger partial charge in [0, 0.05) is 12.5 Å². The van der Waals surface area contributed by atoms with Crippen LogP contribution in [0.15, 0.2) is 24.3 Å². The molecule has 0 aliphatic heterocycles. The van der Waals surface area contributed by atoms with E-state index in [-0.39, 0.29) is 5.75 Å². The molecule has 6 heteroatoms. The quantitative estimate of drug-likeness (QED) is 0.495. The highest BCUT2D eigenvalue weighted by Gasteiger charge is 2.38. The lowest BCUT2D eigenvalue weighted by atomic mass is 10.1. The summed E-state index contributed by atoms with van der Waals surface area (Å²) in [7, 11) is 0. The number of ether oxygens (including phenoxy) is 1. The lowest BCUT2D eigenvalue weighted by molar-refractivity contribution is -0.206. The van der Waals surface area contributed by atoms with E-state index in [1.54, 1.807) is 0 Å². The number of carboxylic acid groups (broad SMARTS) is 1. The Morgan fingerprint density at radius 1 is 1.41 bits per heavy atom. The number of carbonyl (C=O) groups is 2. The summed E-state index contributed by atoms with van der Waals surface area (Å²) in [5, 5.41) is 27.3. The third-order valence-electron chi connectivity index (χ3n) is 2.08.